The highest BCUT2D eigenvalue weighted by Crippen LogP contribution is 2.32. The fourth-order valence-corrected chi connectivity index (χ4v) is 2.29. The molecule has 0 amide bonds. The van der Waals surface area contributed by atoms with E-state index in [1.165, 1.54) is 7.11 Å². The van der Waals surface area contributed by atoms with E-state index in [1.54, 1.807) is 25.1 Å². The molecule has 0 aliphatic carbocycles. The summed E-state index contributed by atoms with van der Waals surface area (Å²) in [5, 5.41) is 0. The van der Waals surface area contributed by atoms with Gasteiger partial charge in [-0.05, 0) is 30.2 Å². The maximum absolute atomic E-state index is 14.2. The average Bonchev–Trinajstić information content (AvgIpc) is 2.66. The van der Waals surface area contributed by atoms with E-state index in [0.29, 0.717) is 23.7 Å². The first kappa shape index (κ1) is 18.7. The molecule has 0 saturated heterocycles. The van der Waals surface area contributed by atoms with Gasteiger partial charge in [0.05, 0.1) is 19.8 Å². The topological polar surface area (TPSA) is 70.8 Å². The molecular weight excluding hydrogens is 325 g/mol. The molecule has 2 N–H and O–H groups in total. The Labute approximate surface area is 146 Å². The summed E-state index contributed by atoms with van der Waals surface area (Å²) in [5.74, 6) is -0.0497. The number of alkyl halides is 1. The number of benzene rings is 2. The van der Waals surface area contributed by atoms with Gasteiger partial charge in [0.25, 0.3) is 0 Å². The standard InChI is InChI=1S/C19H22FNO4/c1-3-24-19(22)17(20)18(21)14-9-10-15(23-2)16(11-14)25-12-13-7-5-4-6-8-13/h4-11,17-18H,3,12,21H2,1-2H3/t17?,18-/m1/s1. The van der Waals surface area contributed by atoms with Crippen molar-refractivity contribution < 1.29 is 23.4 Å². The summed E-state index contributed by atoms with van der Waals surface area (Å²) in [4.78, 5) is 11.5. The molecule has 0 aliphatic heterocycles. The molecule has 0 bridgehead atoms. The van der Waals surface area contributed by atoms with Crippen LogP contribution in [0.5, 0.6) is 11.5 Å². The number of halogens is 1. The second-order valence-electron chi connectivity index (χ2n) is 5.36. The van der Waals surface area contributed by atoms with Crippen LogP contribution in [0.3, 0.4) is 0 Å². The Balaban J connectivity index is 2.16. The van der Waals surface area contributed by atoms with Crippen molar-refractivity contribution in [3.8, 4) is 11.5 Å². The van der Waals surface area contributed by atoms with Crippen LogP contribution in [0.4, 0.5) is 4.39 Å². The van der Waals surface area contributed by atoms with Crippen LogP contribution in [0.2, 0.25) is 0 Å². The number of ether oxygens (including phenoxy) is 3. The number of carbonyl (C=O) groups is 1. The molecule has 25 heavy (non-hydrogen) atoms. The number of nitrogens with two attached hydrogens (primary N) is 1. The molecule has 0 radical (unpaired) electrons. The molecule has 2 atom stereocenters. The van der Waals surface area contributed by atoms with E-state index in [9.17, 15) is 9.18 Å². The zero-order valence-electron chi connectivity index (χ0n) is 14.3. The monoisotopic (exact) mass is 347 g/mol. The fraction of sp³-hybridized carbons (Fsp3) is 0.316. The summed E-state index contributed by atoms with van der Waals surface area (Å²) >= 11 is 0. The van der Waals surface area contributed by atoms with E-state index in [4.69, 9.17) is 15.2 Å². The largest absolute Gasteiger partial charge is 0.493 e. The van der Waals surface area contributed by atoms with Crippen LogP contribution in [-0.2, 0) is 16.1 Å². The lowest BCUT2D eigenvalue weighted by Gasteiger charge is -2.18. The third-order valence-corrected chi connectivity index (χ3v) is 3.64. The normalized spacial score (nSPS) is 13.0. The van der Waals surface area contributed by atoms with Crippen LogP contribution >= 0.6 is 0 Å². The number of esters is 1. The molecule has 0 fully saturated rings. The Hall–Kier alpha value is -2.60. The van der Waals surface area contributed by atoms with E-state index in [2.05, 4.69) is 4.74 Å². The van der Waals surface area contributed by atoms with Crippen molar-refractivity contribution in [2.45, 2.75) is 25.7 Å². The molecule has 1 unspecified atom stereocenters. The predicted molar refractivity (Wildman–Crippen MR) is 92.2 cm³/mol. The zero-order chi connectivity index (χ0) is 18.2. The van der Waals surface area contributed by atoms with Crippen molar-refractivity contribution in [1.29, 1.82) is 0 Å². The van der Waals surface area contributed by atoms with E-state index in [1.807, 2.05) is 30.3 Å². The molecule has 2 aromatic carbocycles. The summed E-state index contributed by atoms with van der Waals surface area (Å²) in [5.41, 5.74) is 7.27. The van der Waals surface area contributed by atoms with E-state index >= 15 is 0 Å². The molecular formula is C19H22FNO4. The van der Waals surface area contributed by atoms with Gasteiger partial charge in [0, 0.05) is 0 Å². The van der Waals surface area contributed by atoms with Gasteiger partial charge in [0.1, 0.15) is 6.61 Å². The first-order valence-corrected chi connectivity index (χ1v) is 7.97. The van der Waals surface area contributed by atoms with Gasteiger partial charge in [-0.25, -0.2) is 9.18 Å². The Kier molecular flexibility index (Phi) is 6.77. The number of hydrogen-bond acceptors (Lipinski definition) is 5. The highest BCUT2D eigenvalue weighted by atomic mass is 19.1. The van der Waals surface area contributed by atoms with Crippen molar-refractivity contribution >= 4 is 5.97 Å². The van der Waals surface area contributed by atoms with Crippen LogP contribution in [0.25, 0.3) is 0 Å². The molecule has 0 heterocycles. The van der Waals surface area contributed by atoms with Gasteiger partial charge < -0.3 is 19.9 Å². The second-order valence-corrected chi connectivity index (χ2v) is 5.36. The second kappa shape index (κ2) is 9.03. The summed E-state index contributed by atoms with van der Waals surface area (Å²) in [6, 6.07) is 13.3. The molecule has 0 saturated carbocycles. The van der Waals surface area contributed by atoms with Gasteiger partial charge in [0.2, 0.25) is 6.17 Å². The number of carbonyl (C=O) groups excluding carboxylic acids is 1. The minimum atomic E-state index is -1.95. The van der Waals surface area contributed by atoms with E-state index < -0.39 is 18.2 Å². The van der Waals surface area contributed by atoms with Gasteiger partial charge in [-0.3, -0.25) is 0 Å². The molecule has 5 nitrogen and oxygen atoms in total. The SMILES string of the molecule is CCOC(=O)C(F)[C@H](N)c1ccc(OC)c(OCc2ccccc2)c1. The van der Waals surface area contributed by atoms with Crippen LogP contribution in [0.1, 0.15) is 24.1 Å². The lowest BCUT2D eigenvalue weighted by atomic mass is 10.0. The van der Waals surface area contributed by atoms with Gasteiger partial charge in [-0.15, -0.1) is 0 Å². The predicted octanol–water partition coefficient (Wildman–Crippen LogP) is 3.18. The number of hydrogen-bond donors (Lipinski definition) is 1. The smallest absolute Gasteiger partial charge is 0.342 e. The Morgan fingerprint density at radius 1 is 1.16 bits per heavy atom. The molecule has 2 rings (SSSR count). The Morgan fingerprint density at radius 3 is 2.52 bits per heavy atom. The maximum Gasteiger partial charge on any atom is 0.342 e. The minimum Gasteiger partial charge on any atom is -0.493 e. The van der Waals surface area contributed by atoms with Crippen molar-refractivity contribution in [2.24, 2.45) is 5.73 Å². The van der Waals surface area contributed by atoms with Gasteiger partial charge in [-0.2, -0.15) is 0 Å². The van der Waals surface area contributed by atoms with E-state index in [0.717, 1.165) is 5.56 Å². The Bertz CT molecular complexity index is 693. The van der Waals surface area contributed by atoms with Crippen LogP contribution in [0, 0.1) is 0 Å². The summed E-state index contributed by atoms with van der Waals surface area (Å²) in [7, 11) is 1.51. The number of rotatable bonds is 8. The van der Waals surface area contributed by atoms with Gasteiger partial charge >= 0.3 is 5.97 Å². The summed E-state index contributed by atoms with van der Waals surface area (Å²) in [6.07, 6.45) is -1.95. The average molecular weight is 347 g/mol. The molecule has 0 spiro atoms. The lowest BCUT2D eigenvalue weighted by molar-refractivity contribution is -0.149. The molecule has 134 valence electrons. The van der Waals surface area contributed by atoms with Gasteiger partial charge in [0.15, 0.2) is 11.5 Å². The summed E-state index contributed by atoms with van der Waals surface area (Å²) in [6.45, 7) is 2.03. The maximum atomic E-state index is 14.2. The van der Waals surface area contributed by atoms with Crippen molar-refractivity contribution in [2.75, 3.05) is 13.7 Å². The first-order valence-electron chi connectivity index (χ1n) is 7.97. The molecule has 0 aliphatic rings. The zero-order valence-corrected chi connectivity index (χ0v) is 14.3. The van der Waals surface area contributed by atoms with Crippen LogP contribution in [0.15, 0.2) is 48.5 Å². The van der Waals surface area contributed by atoms with Crippen molar-refractivity contribution in [3.63, 3.8) is 0 Å². The molecule has 6 heteroatoms. The first-order chi connectivity index (χ1) is 12.1. The van der Waals surface area contributed by atoms with E-state index in [-0.39, 0.29) is 6.61 Å². The van der Waals surface area contributed by atoms with Crippen LogP contribution in [-0.4, -0.2) is 25.9 Å². The number of methoxy groups -OCH3 is 1. The highest BCUT2D eigenvalue weighted by Gasteiger charge is 2.28. The molecule has 0 aromatic heterocycles. The fourth-order valence-electron chi connectivity index (χ4n) is 2.29. The lowest BCUT2D eigenvalue weighted by Crippen LogP contribution is -2.31. The third-order valence-electron chi connectivity index (χ3n) is 3.64. The van der Waals surface area contributed by atoms with Crippen molar-refractivity contribution in [3.05, 3.63) is 59.7 Å². The highest BCUT2D eigenvalue weighted by molar-refractivity contribution is 5.75. The third kappa shape index (κ3) is 4.93. The molecule has 2 aromatic rings. The summed E-state index contributed by atoms with van der Waals surface area (Å²) < 4.78 is 29.9. The minimum absolute atomic E-state index is 0.0972. The van der Waals surface area contributed by atoms with Crippen molar-refractivity contribution in [1.82, 2.24) is 0 Å². The Morgan fingerprint density at radius 2 is 1.88 bits per heavy atom. The quantitative estimate of drug-likeness (QED) is 0.743. The van der Waals surface area contributed by atoms with Gasteiger partial charge in [-0.1, -0.05) is 36.4 Å². The van der Waals surface area contributed by atoms with Crippen LogP contribution < -0.4 is 15.2 Å².